The number of rotatable bonds is 2. The van der Waals surface area contributed by atoms with Crippen molar-refractivity contribution >= 4 is 11.6 Å². The molecule has 0 saturated heterocycles. The third kappa shape index (κ3) is 2.30. The van der Waals surface area contributed by atoms with Crippen molar-refractivity contribution in [2.75, 3.05) is 5.32 Å². The van der Waals surface area contributed by atoms with Crippen molar-refractivity contribution in [1.82, 2.24) is 0 Å². The highest BCUT2D eigenvalue weighted by Crippen LogP contribution is 2.68. The standard InChI is InChI=1S/C15H18F3NO/c1-13(2)11(14(13,3)4)12(20)19-10-7-5-6-9(8-10)15(16,17)18/h5-8,11H,1-4H3,(H,19,20). The van der Waals surface area contributed by atoms with Crippen molar-refractivity contribution in [2.24, 2.45) is 16.7 Å². The van der Waals surface area contributed by atoms with Gasteiger partial charge in [-0.2, -0.15) is 13.2 Å². The van der Waals surface area contributed by atoms with Gasteiger partial charge in [0.2, 0.25) is 5.91 Å². The lowest BCUT2D eigenvalue weighted by Crippen LogP contribution is -2.18. The SMILES string of the molecule is CC1(C)C(C(=O)Nc2cccc(C(F)(F)F)c2)C1(C)C. The molecule has 0 atom stereocenters. The highest BCUT2D eigenvalue weighted by molar-refractivity contribution is 5.96. The van der Waals surface area contributed by atoms with Crippen LogP contribution in [0.3, 0.4) is 0 Å². The molecule has 20 heavy (non-hydrogen) atoms. The summed E-state index contributed by atoms with van der Waals surface area (Å²) < 4.78 is 37.8. The van der Waals surface area contributed by atoms with Crippen LogP contribution in [0.15, 0.2) is 24.3 Å². The van der Waals surface area contributed by atoms with E-state index in [1.807, 2.05) is 27.7 Å². The Kier molecular flexibility index (Phi) is 3.15. The Bertz CT molecular complexity index is 532. The van der Waals surface area contributed by atoms with Gasteiger partial charge in [-0.3, -0.25) is 4.79 Å². The van der Waals surface area contributed by atoms with Crippen LogP contribution in [0.1, 0.15) is 33.3 Å². The van der Waals surface area contributed by atoms with Gasteiger partial charge in [-0.25, -0.2) is 0 Å². The third-order valence-corrected chi connectivity index (χ3v) is 4.74. The lowest BCUT2D eigenvalue weighted by atomic mass is 10.0. The van der Waals surface area contributed by atoms with Crippen LogP contribution in [0.4, 0.5) is 18.9 Å². The van der Waals surface area contributed by atoms with Gasteiger partial charge in [0, 0.05) is 11.6 Å². The number of nitrogens with one attached hydrogen (secondary N) is 1. The Morgan fingerprint density at radius 2 is 1.70 bits per heavy atom. The second kappa shape index (κ2) is 4.24. The van der Waals surface area contributed by atoms with Gasteiger partial charge in [-0.1, -0.05) is 33.8 Å². The fourth-order valence-electron chi connectivity index (χ4n) is 2.84. The highest BCUT2D eigenvalue weighted by atomic mass is 19.4. The monoisotopic (exact) mass is 285 g/mol. The predicted octanol–water partition coefficient (Wildman–Crippen LogP) is 4.33. The molecule has 1 saturated carbocycles. The Hall–Kier alpha value is -1.52. The molecule has 0 unspecified atom stereocenters. The molecule has 1 aliphatic carbocycles. The van der Waals surface area contributed by atoms with E-state index in [2.05, 4.69) is 5.32 Å². The molecular weight excluding hydrogens is 267 g/mol. The zero-order chi connectivity index (χ0) is 15.3. The van der Waals surface area contributed by atoms with E-state index in [0.717, 1.165) is 12.1 Å². The maximum Gasteiger partial charge on any atom is 0.416 e. The quantitative estimate of drug-likeness (QED) is 0.861. The second-order valence-electron chi connectivity index (χ2n) is 6.44. The minimum Gasteiger partial charge on any atom is -0.326 e. The Morgan fingerprint density at radius 3 is 2.15 bits per heavy atom. The summed E-state index contributed by atoms with van der Waals surface area (Å²) in [5.74, 6) is -0.413. The van der Waals surface area contributed by atoms with E-state index in [1.54, 1.807) is 0 Å². The largest absolute Gasteiger partial charge is 0.416 e. The fourth-order valence-corrected chi connectivity index (χ4v) is 2.84. The first-order valence-electron chi connectivity index (χ1n) is 6.46. The average molecular weight is 285 g/mol. The molecule has 1 amide bonds. The second-order valence-corrected chi connectivity index (χ2v) is 6.44. The van der Waals surface area contributed by atoms with Gasteiger partial charge in [-0.05, 0) is 29.0 Å². The van der Waals surface area contributed by atoms with E-state index in [-0.39, 0.29) is 28.3 Å². The summed E-state index contributed by atoms with van der Waals surface area (Å²) in [6, 6.07) is 4.71. The summed E-state index contributed by atoms with van der Waals surface area (Å²) in [5.41, 5.74) is -0.856. The molecule has 1 fully saturated rings. The predicted molar refractivity (Wildman–Crippen MR) is 71.1 cm³/mol. The van der Waals surface area contributed by atoms with Gasteiger partial charge in [0.05, 0.1) is 5.56 Å². The first-order chi connectivity index (χ1) is 8.98. The summed E-state index contributed by atoms with van der Waals surface area (Å²) >= 11 is 0. The van der Waals surface area contributed by atoms with Crippen LogP contribution in [0.2, 0.25) is 0 Å². The lowest BCUT2D eigenvalue weighted by Gasteiger charge is -2.10. The van der Waals surface area contributed by atoms with Gasteiger partial charge in [0.15, 0.2) is 0 Å². The number of carbonyl (C=O) groups is 1. The number of hydrogen-bond acceptors (Lipinski definition) is 1. The first-order valence-corrected chi connectivity index (χ1v) is 6.46. The van der Waals surface area contributed by atoms with E-state index in [0.29, 0.717) is 0 Å². The van der Waals surface area contributed by atoms with Crippen LogP contribution in [0.5, 0.6) is 0 Å². The molecule has 0 heterocycles. The number of anilines is 1. The van der Waals surface area contributed by atoms with Gasteiger partial charge >= 0.3 is 6.18 Å². The summed E-state index contributed by atoms with van der Waals surface area (Å²) in [6.45, 7) is 7.96. The van der Waals surface area contributed by atoms with Crippen molar-refractivity contribution in [3.8, 4) is 0 Å². The summed E-state index contributed by atoms with van der Waals surface area (Å²) in [4.78, 5) is 12.2. The number of amides is 1. The van der Waals surface area contributed by atoms with E-state index in [1.165, 1.54) is 12.1 Å². The molecule has 0 bridgehead atoms. The molecule has 110 valence electrons. The summed E-state index contributed by atoms with van der Waals surface area (Å²) in [5, 5.41) is 2.59. The molecule has 1 aromatic carbocycles. The van der Waals surface area contributed by atoms with Crippen molar-refractivity contribution in [2.45, 2.75) is 33.9 Å². The molecule has 2 rings (SSSR count). The number of benzene rings is 1. The Balaban J connectivity index is 2.15. The molecule has 0 aromatic heterocycles. The summed E-state index contributed by atoms with van der Waals surface area (Å²) in [7, 11) is 0. The van der Waals surface area contributed by atoms with Crippen LogP contribution < -0.4 is 5.32 Å². The van der Waals surface area contributed by atoms with Crippen molar-refractivity contribution in [3.05, 3.63) is 29.8 Å². The minimum atomic E-state index is -4.40. The lowest BCUT2D eigenvalue weighted by molar-refractivity contribution is -0.137. The molecule has 5 heteroatoms. The van der Waals surface area contributed by atoms with Crippen LogP contribution in [-0.4, -0.2) is 5.91 Å². The van der Waals surface area contributed by atoms with Gasteiger partial charge in [0.25, 0.3) is 0 Å². The molecule has 2 nitrogen and oxygen atoms in total. The molecule has 0 aliphatic heterocycles. The average Bonchev–Trinajstić information content (AvgIpc) is 2.68. The smallest absolute Gasteiger partial charge is 0.326 e. The number of hydrogen-bond donors (Lipinski definition) is 1. The Labute approximate surface area is 116 Å². The molecule has 0 radical (unpaired) electrons. The van der Waals surface area contributed by atoms with E-state index >= 15 is 0 Å². The van der Waals surface area contributed by atoms with Crippen LogP contribution in [0, 0.1) is 16.7 Å². The van der Waals surface area contributed by atoms with E-state index < -0.39 is 11.7 Å². The van der Waals surface area contributed by atoms with E-state index in [9.17, 15) is 18.0 Å². The minimum absolute atomic E-state index is 0.140. The van der Waals surface area contributed by atoms with Gasteiger partial charge in [0.1, 0.15) is 0 Å². The van der Waals surface area contributed by atoms with Crippen molar-refractivity contribution in [1.29, 1.82) is 0 Å². The third-order valence-electron chi connectivity index (χ3n) is 4.74. The van der Waals surface area contributed by atoms with Crippen LogP contribution >= 0.6 is 0 Å². The maximum absolute atomic E-state index is 12.6. The summed E-state index contributed by atoms with van der Waals surface area (Å²) in [6.07, 6.45) is -4.40. The molecule has 0 spiro atoms. The van der Waals surface area contributed by atoms with Crippen molar-refractivity contribution in [3.63, 3.8) is 0 Å². The van der Waals surface area contributed by atoms with Gasteiger partial charge in [-0.15, -0.1) is 0 Å². The first kappa shape index (κ1) is 14.9. The molecule has 1 aromatic rings. The van der Waals surface area contributed by atoms with Crippen LogP contribution in [0.25, 0.3) is 0 Å². The van der Waals surface area contributed by atoms with Crippen LogP contribution in [-0.2, 0) is 11.0 Å². The zero-order valence-corrected chi connectivity index (χ0v) is 11.9. The maximum atomic E-state index is 12.6. The molecule has 1 N–H and O–H groups in total. The topological polar surface area (TPSA) is 29.1 Å². The molecular formula is C15H18F3NO. The highest BCUT2D eigenvalue weighted by Gasteiger charge is 2.68. The molecule has 1 aliphatic rings. The number of alkyl halides is 3. The number of halogens is 3. The zero-order valence-electron chi connectivity index (χ0n) is 11.9. The number of carbonyl (C=O) groups excluding carboxylic acids is 1. The Morgan fingerprint density at radius 1 is 1.15 bits per heavy atom. The normalized spacial score (nSPS) is 20.6. The fraction of sp³-hybridized carbons (Fsp3) is 0.533. The van der Waals surface area contributed by atoms with Gasteiger partial charge < -0.3 is 5.32 Å². The van der Waals surface area contributed by atoms with E-state index in [4.69, 9.17) is 0 Å². The van der Waals surface area contributed by atoms with Crippen molar-refractivity contribution < 1.29 is 18.0 Å².